The molecule has 0 aromatic carbocycles. The second-order valence-electron chi connectivity index (χ2n) is 5.62. The van der Waals surface area contributed by atoms with Crippen LogP contribution in [0.1, 0.15) is 24.6 Å². The van der Waals surface area contributed by atoms with Gasteiger partial charge in [-0.1, -0.05) is 6.92 Å². The summed E-state index contributed by atoms with van der Waals surface area (Å²) in [5.74, 6) is 1.01. The molecule has 0 spiro atoms. The van der Waals surface area contributed by atoms with Crippen LogP contribution in [0.3, 0.4) is 0 Å². The van der Waals surface area contributed by atoms with Gasteiger partial charge in [0.25, 0.3) is 0 Å². The van der Waals surface area contributed by atoms with Gasteiger partial charge in [0.05, 0.1) is 0 Å². The molecule has 0 unspecified atom stereocenters. The highest BCUT2D eigenvalue weighted by Crippen LogP contribution is 2.30. The molecule has 0 atom stereocenters. The number of hydrogen-bond donors (Lipinski definition) is 1. The van der Waals surface area contributed by atoms with Crippen LogP contribution in [0.25, 0.3) is 0 Å². The first-order valence-corrected chi connectivity index (χ1v) is 8.29. The summed E-state index contributed by atoms with van der Waals surface area (Å²) >= 11 is 1.84. The summed E-state index contributed by atoms with van der Waals surface area (Å²) in [6.07, 6.45) is 4.94. The molecule has 2 heterocycles. The van der Waals surface area contributed by atoms with Crippen LogP contribution >= 0.6 is 11.3 Å². The first-order chi connectivity index (χ1) is 9.35. The average molecular weight is 280 g/mol. The SMILES string of the molecule is CCNCc1cnc(N2CCN(CC3CC3)CC2)s1. The highest BCUT2D eigenvalue weighted by atomic mass is 32.1. The lowest BCUT2D eigenvalue weighted by atomic mass is 10.3. The summed E-state index contributed by atoms with van der Waals surface area (Å²) in [6, 6.07) is 0. The molecule has 1 aliphatic heterocycles. The number of aromatic nitrogens is 1. The number of hydrogen-bond acceptors (Lipinski definition) is 5. The second kappa shape index (κ2) is 6.20. The van der Waals surface area contributed by atoms with E-state index in [4.69, 9.17) is 0 Å². The highest BCUT2D eigenvalue weighted by molar-refractivity contribution is 7.15. The first kappa shape index (κ1) is 13.3. The molecule has 5 heteroatoms. The Bertz CT molecular complexity index is 394. The van der Waals surface area contributed by atoms with E-state index < -0.39 is 0 Å². The van der Waals surface area contributed by atoms with E-state index in [-0.39, 0.29) is 0 Å². The third kappa shape index (κ3) is 3.68. The number of piperazine rings is 1. The van der Waals surface area contributed by atoms with Crippen molar-refractivity contribution in [3.63, 3.8) is 0 Å². The Balaban J connectivity index is 1.48. The second-order valence-corrected chi connectivity index (χ2v) is 6.71. The summed E-state index contributed by atoms with van der Waals surface area (Å²) in [7, 11) is 0. The maximum absolute atomic E-state index is 4.58. The van der Waals surface area contributed by atoms with Crippen molar-refractivity contribution in [1.82, 2.24) is 15.2 Å². The largest absolute Gasteiger partial charge is 0.346 e. The minimum absolute atomic E-state index is 0.954. The highest BCUT2D eigenvalue weighted by Gasteiger charge is 2.26. The minimum Gasteiger partial charge on any atom is -0.346 e. The molecule has 0 radical (unpaired) electrons. The van der Waals surface area contributed by atoms with E-state index in [0.717, 1.165) is 32.1 Å². The van der Waals surface area contributed by atoms with E-state index in [1.54, 1.807) is 0 Å². The van der Waals surface area contributed by atoms with Gasteiger partial charge in [-0.3, -0.25) is 4.90 Å². The molecule has 3 rings (SSSR count). The molecule has 106 valence electrons. The van der Waals surface area contributed by atoms with Gasteiger partial charge in [0.15, 0.2) is 5.13 Å². The van der Waals surface area contributed by atoms with E-state index in [1.807, 2.05) is 17.5 Å². The molecule has 1 saturated carbocycles. The van der Waals surface area contributed by atoms with Crippen LogP contribution in [-0.4, -0.2) is 49.2 Å². The van der Waals surface area contributed by atoms with E-state index in [2.05, 4.69) is 27.0 Å². The molecule has 1 N–H and O–H groups in total. The molecule has 0 bridgehead atoms. The third-order valence-corrected chi connectivity index (χ3v) is 5.00. The van der Waals surface area contributed by atoms with Gasteiger partial charge in [-0.05, 0) is 25.3 Å². The topological polar surface area (TPSA) is 31.4 Å². The Morgan fingerprint density at radius 1 is 1.32 bits per heavy atom. The fourth-order valence-corrected chi connectivity index (χ4v) is 3.49. The van der Waals surface area contributed by atoms with Crippen LogP contribution in [0.2, 0.25) is 0 Å². The van der Waals surface area contributed by atoms with Crippen molar-refractivity contribution in [2.75, 3.05) is 44.2 Å². The standard InChI is InChI=1S/C14H24N4S/c1-2-15-9-13-10-16-14(19-13)18-7-5-17(6-8-18)11-12-3-4-12/h10,12,15H,2-9,11H2,1H3. The normalized spacial score (nSPS) is 21.0. The Kier molecular flexibility index (Phi) is 4.35. The molecule has 1 aromatic heterocycles. The number of rotatable bonds is 6. The molecule has 0 amide bonds. The third-order valence-electron chi connectivity index (χ3n) is 3.95. The van der Waals surface area contributed by atoms with E-state index in [0.29, 0.717) is 0 Å². The predicted molar refractivity (Wildman–Crippen MR) is 80.9 cm³/mol. The molecule has 19 heavy (non-hydrogen) atoms. The Morgan fingerprint density at radius 3 is 2.79 bits per heavy atom. The van der Waals surface area contributed by atoms with Crippen LogP contribution in [0.4, 0.5) is 5.13 Å². The molecule has 4 nitrogen and oxygen atoms in total. The van der Waals surface area contributed by atoms with Crippen LogP contribution in [-0.2, 0) is 6.54 Å². The van der Waals surface area contributed by atoms with Gasteiger partial charge in [-0.25, -0.2) is 4.98 Å². The summed E-state index contributed by atoms with van der Waals surface area (Å²) in [5, 5.41) is 4.57. The van der Waals surface area contributed by atoms with Crippen molar-refractivity contribution >= 4 is 16.5 Å². The van der Waals surface area contributed by atoms with Gasteiger partial charge in [-0.15, -0.1) is 11.3 Å². The lowest BCUT2D eigenvalue weighted by Gasteiger charge is -2.34. The molecule has 2 fully saturated rings. The fraction of sp³-hybridized carbons (Fsp3) is 0.786. The zero-order valence-corrected chi connectivity index (χ0v) is 12.6. The fourth-order valence-electron chi connectivity index (χ4n) is 2.56. The van der Waals surface area contributed by atoms with Crippen LogP contribution in [0.15, 0.2) is 6.20 Å². The molecule has 1 aliphatic carbocycles. The van der Waals surface area contributed by atoms with Crippen molar-refractivity contribution in [2.24, 2.45) is 5.92 Å². The summed E-state index contributed by atoms with van der Waals surface area (Å²) < 4.78 is 0. The van der Waals surface area contributed by atoms with Gasteiger partial charge >= 0.3 is 0 Å². The van der Waals surface area contributed by atoms with E-state index in [1.165, 1.54) is 42.5 Å². The minimum atomic E-state index is 0.954. The lowest BCUT2D eigenvalue weighted by Crippen LogP contribution is -2.46. The van der Waals surface area contributed by atoms with Crippen molar-refractivity contribution in [1.29, 1.82) is 0 Å². The van der Waals surface area contributed by atoms with Gasteiger partial charge in [0.1, 0.15) is 0 Å². The Hall–Kier alpha value is -0.650. The molecule has 1 saturated heterocycles. The molecule has 2 aliphatic rings. The molecule has 1 aromatic rings. The van der Waals surface area contributed by atoms with Gasteiger partial charge < -0.3 is 10.2 Å². The van der Waals surface area contributed by atoms with Gasteiger partial charge in [0, 0.05) is 50.3 Å². The smallest absolute Gasteiger partial charge is 0.185 e. The van der Waals surface area contributed by atoms with Crippen molar-refractivity contribution in [3.8, 4) is 0 Å². The lowest BCUT2D eigenvalue weighted by molar-refractivity contribution is 0.248. The molecular weight excluding hydrogens is 256 g/mol. The van der Waals surface area contributed by atoms with E-state index >= 15 is 0 Å². The Morgan fingerprint density at radius 2 is 2.11 bits per heavy atom. The first-order valence-electron chi connectivity index (χ1n) is 7.48. The summed E-state index contributed by atoms with van der Waals surface area (Å²) in [5.41, 5.74) is 0. The quantitative estimate of drug-likeness (QED) is 0.861. The van der Waals surface area contributed by atoms with Crippen molar-refractivity contribution in [2.45, 2.75) is 26.3 Å². The van der Waals surface area contributed by atoms with Gasteiger partial charge in [-0.2, -0.15) is 0 Å². The maximum Gasteiger partial charge on any atom is 0.185 e. The van der Waals surface area contributed by atoms with Crippen molar-refractivity contribution < 1.29 is 0 Å². The number of anilines is 1. The predicted octanol–water partition coefficient (Wildman–Crippen LogP) is 1.78. The van der Waals surface area contributed by atoms with Crippen LogP contribution in [0.5, 0.6) is 0 Å². The zero-order valence-electron chi connectivity index (χ0n) is 11.8. The van der Waals surface area contributed by atoms with Gasteiger partial charge in [0.2, 0.25) is 0 Å². The molecular formula is C14H24N4S. The summed E-state index contributed by atoms with van der Waals surface area (Å²) in [6.45, 7) is 10.1. The van der Waals surface area contributed by atoms with Crippen LogP contribution in [0, 0.1) is 5.92 Å². The van der Waals surface area contributed by atoms with Crippen molar-refractivity contribution in [3.05, 3.63) is 11.1 Å². The van der Waals surface area contributed by atoms with Crippen LogP contribution < -0.4 is 10.2 Å². The van der Waals surface area contributed by atoms with E-state index in [9.17, 15) is 0 Å². The average Bonchev–Trinajstić information content (AvgIpc) is 3.13. The number of nitrogens with one attached hydrogen (secondary N) is 1. The zero-order chi connectivity index (χ0) is 13.1. The number of thiazole rings is 1. The maximum atomic E-state index is 4.58. The summed E-state index contributed by atoms with van der Waals surface area (Å²) in [4.78, 5) is 11.0. The monoisotopic (exact) mass is 280 g/mol. The number of nitrogens with zero attached hydrogens (tertiary/aromatic N) is 3. The Labute approximate surface area is 119 Å².